The van der Waals surface area contributed by atoms with Gasteiger partial charge in [0.15, 0.2) is 0 Å². The smallest absolute Gasteiger partial charge is 0.128 e. The van der Waals surface area contributed by atoms with E-state index in [-0.39, 0.29) is 0 Å². The van der Waals surface area contributed by atoms with Crippen LogP contribution in [0.3, 0.4) is 0 Å². The summed E-state index contributed by atoms with van der Waals surface area (Å²) in [7, 11) is 0. The van der Waals surface area contributed by atoms with Gasteiger partial charge in [-0.3, -0.25) is 0 Å². The fraction of sp³-hybridized carbons (Fsp3) is 0.263. The molecule has 3 nitrogen and oxygen atoms in total. The van der Waals surface area contributed by atoms with Crippen molar-refractivity contribution in [2.24, 2.45) is 0 Å². The molecule has 0 aliphatic carbocycles. The maximum Gasteiger partial charge on any atom is 0.128 e. The summed E-state index contributed by atoms with van der Waals surface area (Å²) in [4.78, 5) is 11.6. The molecule has 0 radical (unpaired) electrons. The van der Waals surface area contributed by atoms with Crippen LogP contribution in [0.4, 0.5) is 5.82 Å². The molecule has 4 heteroatoms. The zero-order valence-electron chi connectivity index (χ0n) is 13.1. The molecule has 0 spiro atoms. The summed E-state index contributed by atoms with van der Waals surface area (Å²) in [6.45, 7) is 4.35. The van der Waals surface area contributed by atoms with E-state index < -0.39 is 0 Å². The highest BCUT2D eigenvalue weighted by molar-refractivity contribution is 6.35. The van der Waals surface area contributed by atoms with Gasteiger partial charge in [0.1, 0.15) is 5.82 Å². The van der Waals surface area contributed by atoms with Crippen LogP contribution in [0.1, 0.15) is 18.9 Å². The van der Waals surface area contributed by atoms with Gasteiger partial charge in [0.25, 0.3) is 0 Å². The van der Waals surface area contributed by atoms with Gasteiger partial charge in [0.05, 0.1) is 16.2 Å². The first-order valence-corrected chi connectivity index (χ1v) is 8.43. The minimum absolute atomic E-state index is 0.736. The Bertz CT molecular complexity index is 854. The quantitative estimate of drug-likeness (QED) is 0.698. The van der Waals surface area contributed by atoms with Crippen molar-refractivity contribution in [3.05, 3.63) is 53.2 Å². The minimum Gasteiger partial charge on any atom is -0.356 e. The normalized spacial score (nSPS) is 14.1. The summed E-state index contributed by atoms with van der Waals surface area (Å²) in [6.07, 6.45) is 4.14. The van der Waals surface area contributed by atoms with Gasteiger partial charge in [-0.2, -0.15) is 0 Å². The average Bonchev–Trinajstić information content (AvgIpc) is 2.53. The molecule has 2 aromatic heterocycles. The Labute approximate surface area is 140 Å². The van der Waals surface area contributed by atoms with Crippen molar-refractivity contribution in [2.75, 3.05) is 18.0 Å². The molecule has 0 amide bonds. The molecular weight excluding hydrogens is 306 g/mol. The molecule has 0 N–H and O–H groups in total. The predicted molar refractivity (Wildman–Crippen MR) is 96.2 cm³/mol. The Kier molecular flexibility index (Phi) is 3.66. The van der Waals surface area contributed by atoms with E-state index in [0.29, 0.717) is 0 Å². The van der Waals surface area contributed by atoms with Crippen molar-refractivity contribution in [1.29, 1.82) is 0 Å². The summed E-state index contributed by atoms with van der Waals surface area (Å²) < 4.78 is 0. The Hall–Kier alpha value is -2.13. The SMILES string of the molecule is CCc1ccc2c(Cl)cc(-c3ccc(N4CCC4)nc3)nc2c1. The summed E-state index contributed by atoms with van der Waals surface area (Å²) in [5, 5.41) is 1.73. The molecule has 1 aliphatic rings. The van der Waals surface area contributed by atoms with Crippen molar-refractivity contribution in [3.63, 3.8) is 0 Å². The zero-order chi connectivity index (χ0) is 15.8. The fourth-order valence-electron chi connectivity index (χ4n) is 2.87. The highest BCUT2D eigenvalue weighted by Gasteiger charge is 2.15. The van der Waals surface area contributed by atoms with Crippen molar-refractivity contribution >= 4 is 28.3 Å². The van der Waals surface area contributed by atoms with Crippen LogP contribution in [-0.2, 0) is 6.42 Å². The molecule has 116 valence electrons. The summed E-state index contributed by atoms with van der Waals surface area (Å²) in [5.41, 5.74) is 4.08. The highest BCUT2D eigenvalue weighted by atomic mass is 35.5. The monoisotopic (exact) mass is 323 g/mol. The Balaban J connectivity index is 1.75. The maximum atomic E-state index is 6.45. The van der Waals surface area contributed by atoms with Crippen molar-refractivity contribution in [2.45, 2.75) is 19.8 Å². The first-order valence-electron chi connectivity index (χ1n) is 8.05. The van der Waals surface area contributed by atoms with E-state index in [9.17, 15) is 0 Å². The lowest BCUT2D eigenvalue weighted by Crippen LogP contribution is -2.37. The number of aromatic nitrogens is 2. The molecule has 0 atom stereocenters. The van der Waals surface area contributed by atoms with Gasteiger partial charge in [-0.05, 0) is 42.7 Å². The van der Waals surface area contributed by atoms with Crippen LogP contribution in [-0.4, -0.2) is 23.1 Å². The second-order valence-corrected chi connectivity index (χ2v) is 6.35. The number of aryl methyl sites for hydroxylation is 1. The Morgan fingerprint density at radius 1 is 1.13 bits per heavy atom. The first kappa shape index (κ1) is 14.5. The number of pyridine rings is 2. The van der Waals surface area contributed by atoms with E-state index in [4.69, 9.17) is 16.6 Å². The number of hydrogen-bond acceptors (Lipinski definition) is 3. The highest BCUT2D eigenvalue weighted by Crippen LogP contribution is 2.29. The van der Waals surface area contributed by atoms with Crippen LogP contribution >= 0.6 is 11.6 Å². The van der Waals surface area contributed by atoms with Gasteiger partial charge in [0.2, 0.25) is 0 Å². The summed E-state index contributed by atoms with van der Waals surface area (Å²) in [5.74, 6) is 1.04. The lowest BCUT2D eigenvalue weighted by atomic mass is 10.1. The van der Waals surface area contributed by atoms with E-state index in [1.807, 2.05) is 12.3 Å². The van der Waals surface area contributed by atoms with Crippen LogP contribution < -0.4 is 4.90 Å². The third kappa shape index (κ3) is 2.66. The zero-order valence-corrected chi connectivity index (χ0v) is 13.8. The molecule has 0 bridgehead atoms. The Morgan fingerprint density at radius 3 is 2.65 bits per heavy atom. The topological polar surface area (TPSA) is 29.0 Å². The molecule has 4 rings (SSSR count). The molecule has 1 fully saturated rings. The minimum atomic E-state index is 0.736. The van der Waals surface area contributed by atoms with Gasteiger partial charge >= 0.3 is 0 Å². The molecule has 3 heterocycles. The number of nitrogens with zero attached hydrogens (tertiary/aromatic N) is 3. The van der Waals surface area contributed by atoms with E-state index in [1.54, 1.807) is 0 Å². The van der Waals surface area contributed by atoms with E-state index in [0.717, 1.165) is 52.5 Å². The number of rotatable bonds is 3. The first-order chi connectivity index (χ1) is 11.2. The van der Waals surface area contributed by atoms with E-state index in [2.05, 4.69) is 47.1 Å². The predicted octanol–water partition coefficient (Wildman–Crippen LogP) is 4.72. The van der Waals surface area contributed by atoms with Gasteiger partial charge < -0.3 is 4.90 Å². The number of fused-ring (bicyclic) bond motifs is 1. The lowest BCUT2D eigenvalue weighted by Gasteiger charge is -2.31. The van der Waals surface area contributed by atoms with Gasteiger partial charge in [0, 0.05) is 30.2 Å². The molecular formula is C19H18ClN3. The van der Waals surface area contributed by atoms with Crippen LogP contribution in [0, 0.1) is 0 Å². The molecule has 1 saturated heterocycles. The summed E-state index contributed by atoms with van der Waals surface area (Å²) >= 11 is 6.45. The third-order valence-corrected chi connectivity index (χ3v) is 4.77. The number of hydrogen-bond donors (Lipinski definition) is 0. The summed E-state index contributed by atoms with van der Waals surface area (Å²) in [6, 6.07) is 12.4. The van der Waals surface area contributed by atoms with Crippen LogP contribution in [0.2, 0.25) is 5.02 Å². The number of benzene rings is 1. The van der Waals surface area contributed by atoms with Gasteiger partial charge in [-0.15, -0.1) is 0 Å². The van der Waals surface area contributed by atoms with Gasteiger partial charge in [-0.1, -0.05) is 30.7 Å². The van der Waals surface area contributed by atoms with Crippen LogP contribution in [0.25, 0.3) is 22.2 Å². The molecule has 0 saturated carbocycles. The van der Waals surface area contributed by atoms with Crippen molar-refractivity contribution in [3.8, 4) is 11.3 Å². The van der Waals surface area contributed by atoms with E-state index >= 15 is 0 Å². The van der Waals surface area contributed by atoms with Crippen molar-refractivity contribution < 1.29 is 0 Å². The van der Waals surface area contributed by atoms with Gasteiger partial charge in [-0.25, -0.2) is 9.97 Å². The lowest BCUT2D eigenvalue weighted by molar-refractivity contribution is 0.610. The molecule has 3 aromatic rings. The second-order valence-electron chi connectivity index (χ2n) is 5.94. The maximum absolute atomic E-state index is 6.45. The average molecular weight is 324 g/mol. The molecule has 1 aromatic carbocycles. The Morgan fingerprint density at radius 2 is 2.00 bits per heavy atom. The fourth-order valence-corrected chi connectivity index (χ4v) is 3.13. The standard InChI is InChI=1S/C19H18ClN3/c1-2-13-4-6-15-16(20)11-17(22-18(15)10-13)14-5-7-19(21-12-14)23-8-3-9-23/h4-7,10-12H,2-3,8-9H2,1H3. The molecule has 1 aliphatic heterocycles. The van der Waals surface area contributed by atoms with E-state index in [1.165, 1.54) is 12.0 Å². The number of anilines is 1. The van der Waals surface area contributed by atoms with Crippen LogP contribution in [0.15, 0.2) is 42.6 Å². The third-order valence-electron chi connectivity index (χ3n) is 4.46. The van der Waals surface area contributed by atoms with Crippen LogP contribution in [0.5, 0.6) is 0 Å². The van der Waals surface area contributed by atoms with Crippen molar-refractivity contribution in [1.82, 2.24) is 9.97 Å². The number of halogens is 1. The largest absolute Gasteiger partial charge is 0.356 e. The molecule has 23 heavy (non-hydrogen) atoms. The second kappa shape index (κ2) is 5.82. The molecule has 0 unspecified atom stereocenters.